The van der Waals surface area contributed by atoms with Gasteiger partial charge < -0.3 is 10.6 Å². The van der Waals surface area contributed by atoms with Crippen molar-refractivity contribution in [3.63, 3.8) is 0 Å². The quantitative estimate of drug-likeness (QED) is 0.874. The minimum Gasteiger partial charge on any atom is -0.330 e. The maximum Gasteiger partial charge on any atom is 0.242 e. The smallest absolute Gasteiger partial charge is 0.242 e. The number of hydrogen-bond donors (Lipinski definition) is 1. The van der Waals surface area contributed by atoms with Gasteiger partial charge in [0.2, 0.25) is 15.9 Å². The van der Waals surface area contributed by atoms with Crippen LogP contribution in [0.15, 0.2) is 23.1 Å². The molecule has 1 aliphatic rings. The van der Waals surface area contributed by atoms with Crippen molar-refractivity contribution in [3.05, 3.63) is 23.8 Å². The molecule has 0 saturated heterocycles. The van der Waals surface area contributed by atoms with E-state index in [9.17, 15) is 13.2 Å². The monoisotopic (exact) mass is 333 g/mol. The number of nitrogens with two attached hydrogens (primary N) is 1. The molecule has 0 aromatic heterocycles. The van der Waals surface area contributed by atoms with E-state index in [4.69, 9.17) is 5.73 Å². The van der Waals surface area contributed by atoms with Crippen molar-refractivity contribution >= 4 is 34.0 Å². The molecule has 1 amide bonds. The zero-order valence-corrected chi connectivity index (χ0v) is 13.7. The van der Waals surface area contributed by atoms with E-state index in [1.165, 1.54) is 14.1 Å². The van der Waals surface area contributed by atoms with Gasteiger partial charge in [-0.25, -0.2) is 12.7 Å². The van der Waals surface area contributed by atoms with Crippen LogP contribution in [0.25, 0.3) is 0 Å². The number of halogens is 1. The maximum atomic E-state index is 12.1. The third-order valence-electron chi connectivity index (χ3n) is 3.39. The lowest BCUT2D eigenvalue weighted by Gasteiger charge is -2.18. The Morgan fingerprint density at radius 2 is 2.05 bits per heavy atom. The van der Waals surface area contributed by atoms with Crippen molar-refractivity contribution in [2.45, 2.75) is 17.7 Å². The van der Waals surface area contributed by atoms with Crippen LogP contribution in [-0.2, 0) is 21.2 Å². The summed E-state index contributed by atoms with van der Waals surface area (Å²) in [5.74, 6) is -0.0642. The molecule has 1 aromatic rings. The molecule has 6 nitrogen and oxygen atoms in total. The number of nitrogens with zero attached hydrogens (tertiary/aromatic N) is 2. The van der Waals surface area contributed by atoms with Crippen molar-refractivity contribution in [2.24, 2.45) is 5.73 Å². The second-order valence-corrected chi connectivity index (χ2v) is 7.06. The topological polar surface area (TPSA) is 83.7 Å². The molecule has 21 heavy (non-hydrogen) atoms. The lowest BCUT2D eigenvalue weighted by Crippen LogP contribution is -2.30. The molecule has 1 heterocycles. The Balaban J connectivity index is 0.00000220. The highest BCUT2D eigenvalue weighted by molar-refractivity contribution is 7.89. The summed E-state index contributed by atoms with van der Waals surface area (Å²) in [6, 6.07) is 4.94. The summed E-state index contributed by atoms with van der Waals surface area (Å²) >= 11 is 0. The summed E-state index contributed by atoms with van der Waals surface area (Å²) in [4.78, 5) is 13.8. The highest BCUT2D eigenvalue weighted by Crippen LogP contribution is 2.31. The Kier molecular flexibility index (Phi) is 5.75. The zero-order valence-electron chi connectivity index (χ0n) is 12.1. The molecule has 0 unspecified atom stereocenters. The van der Waals surface area contributed by atoms with Crippen molar-refractivity contribution in [2.75, 3.05) is 32.1 Å². The van der Waals surface area contributed by atoms with Crippen LogP contribution in [0.3, 0.4) is 0 Å². The predicted octanol–water partition coefficient (Wildman–Crippen LogP) is 0.597. The molecule has 0 spiro atoms. The van der Waals surface area contributed by atoms with Crippen molar-refractivity contribution in [1.82, 2.24) is 4.31 Å². The average molecular weight is 334 g/mol. The molecule has 1 aromatic carbocycles. The van der Waals surface area contributed by atoms with Gasteiger partial charge in [-0.05, 0) is 24.1 Å². The number of hydrogen-bond acceptors (Lipinski definition) is 4. The number of fused-ring (bicyclic) bond motifs is 1. The molecule has 1 aliphatic heterocycles. The Labute approximate surface area is 131 Å². The molecule has 0 aliphatic carbocycles. The number of anilines is 1. The third kappa shape index (κ3) is 3.37. The molecule has 2 N–H and O–H groups in total. The predicted molar refractivity (Wildman–Crippen MR) is 84.3 cm³/mol. The molecule has 2 rings (SSSR count). The summed E-state index contributed by atoms with van der Waals surface area (Å²) in [7, 11) is -0.517. The summed E-state index contributed by atoms with van der Waals surface area (Å²) < 4.78 is 25.4. The molecule has 118 valence electrons. The number of sulfonamides is 1. The summed E-state index contributed by atoms with van der Waals surface area (Å²) in [6.07, 6.45) is 1.01. The largest absolute Gasteiger partial charge is 0.330 e. The first-order valence-electron chi connectivity index (χ1n) is 6.44. The van der Waals surface area contributed by atoms with E-state index in [0.29, 0.717) is 18.8 Å². The fraction of sp³-hybridized carbons (Fsp3) is 0.462. The minimum absolute atomic E-state index is 0. The van der Waals surface area contributed by atoms with Crippen molar-refractivity contribution in [1.29, 1.82) is 0 Å². The first-order chi connectivity index (χ1) is 9.37. The van der Waals surface area contributed by atoms with Gasteiger partial charge in [0.15, 0.2) is 0 Å². The summed E-state index contributed by atoms with van der Waals surface area (Å²) in [5.41, 5.74) is 7.09. The Bertz CT molecular complexity index is 632. The van der Waals surface area contributed by atoms with E-state index in [1.807, 2.05) is 0 Å². The Morgan fingerprint density at radius 1 is 1.38 bits per heavy atom. The van der Waals surface area contributed by atoms with Crippen LogP contribution in [0.1, 0.15) is 12.0 Å². The van der Waals surface area contributed by atoms with Gasteiger partial charge in [0.05, 0.1) is 4.90 Å². The van der Waals surface area contributed by atoms with E-state index >= 15 is 0 Å². The van der Waals surface area contributed by atoms with Gasteiger partial charge in [-0.15, -0.1) is 12.4 Å². The number of benzene rings is 1. The van der Waals surface area contributed by atoms with Crippen LogP contribution in [0.4, 0.5) is 5.69 Å². The number of carbonyl (C=O) groups excluding carboxylic acids is 1. The van der Waals surface area contributed by atoms with Crippen LogP contribution in [0.5, 0.6) is 0 Å². The number of rotatable bonds is 4. The first-order valence-corrected chi connectivity index (χ1v) is 7.88. The van der Waals surface area contributed by atoms with Crippen LogP contribution in [0.2, 0.25) is 0 Å². The van der Waals surface area contributed by atoms with Crippen molar-refractivity contribution in [3.8, 4) is 0 Å². The molecular formula is C13H20ClN3O3S. The highest BCUT2D eigenvalue weighted by atomic mass is 35.5. The Morgan fingerprint density at radius 3 is 2.62 bits per heavy atom. The average Bonchev–Trinajstić information content (AvgIpc) is 2.81. The van der Waals surface area contributed by atoms with E-state index in [1.54, 1.807) is 23.1 Å². The van der Waals surface area contributed by atoms with Gasteiger partial charge in [0.25, 0.3) is 0 Å². The molecule has 0 saturated carbocycles. The molecule has 0 atom stereocenters. The van der Waals surface area contributed by atoms with Crippen LogP contribution in [0, 0.1) is 0 Å². The van der Waals surface area contributed by atoms with Gasteiger partial charge in [-0.3, -0.25) is 4.79 Å². The van der Waals surface area contributed by atoms with E-state index in [0.717, 1.165) is 16.3 Å². The molecule has 8 heteroatoms. The van der Waals surface area contributed by atoms with Crippen LogP contribution >= 0.6 is 12.4 Å². The number of carbonyl (C=O) groups is 1. The van der Waals surface area contributed by atoms with Gasteiger partial charge in [0.1, 0.15) is 0 Å². The van der Waals surface area contributed by atoms with Crippen molar-refractivity contribution < 1.29 is 13.2 Å². The highest BCUT2D eigenvalue weighted by Gasteiger charge is 2.27. The lowest BCUT2D eigenvalue weighted by atomic mass is 10.2. The van der Waals surface area contributed by atoms with E-state index in [2.05, 4.69) is 0 Å². The zero-order chi connectivity index (χ0) is 14.9. The fourth-order valence-corrected chi connectivity index (χ4v) is 3.17. The summed E-state index contributed by atoms with van der Waals surface area (Å²) in [6.45, 7) is 0.875. The minimum atomic E-state index is -3.49. The molecule has 0 fully saturated rings. The lowest BCUT2D eigenvalue weighted by molar-refractivity contribution is -0.118. The van der Waals surface area contributed by atoms with E-state index in [-0.39, 0.29) is 29.6 Å². The second kappa shape index (κ2) is 6.74. The molecule has 0 bridgehead atoms. The third-order valence-corrected chi connectivity index (χ3v) is 5.20. The maximum absolute atomic E-state index is 12.1. The standard InChI is InChI=1S/C13H19N3O3S.ClH/c1-15(2)20(18,19)11-4-3-10-6-8-16(12(10)9-11)13(17)5-7-14;/h3-4,9H,5-8,14H2,1-2H3;1H. The SMILES string of the molecule is CN(C)S(=O)(=O)c1ccc2c(c1)N(C(=O)CCN)CC2.Cl. The van der Waals surface area contributed by atoms with Crippen LogP contribution in [-0.4, -0.2) is 45.8 Å². The fourth-order valence-electron chi connectivity index (χ4n) is 2.25. The van der Waals surface area contributed by atoms with Gasteiger partial charge in [0, 0.05) is 39.3 Å². The normalized spacial score (nSPS) is 14.0. The summed E-state index contributed by atoms with van der Waals surface area (Å²) in [5, 5.41) is 0. The van der Waals surface area contributed by atoms with Crippen LogP contribution < -0.4 is 10.6 Å². The second-order valence-electron chi connectivity index (χ2n) is 4.91. The van der Waals surface area contributed by atoms with Gasteiger partial charge in [-0.1, -0.05) is 6.07 Å². The molecule has 0 radical (unpaired) electrons. The Hall–Kier alpha value is -1.15. The van der Waals surface area contributed by atoms with Gasteiger partial charge >= 0.3 is 0 Å². The molecular weight excluding hydrogens is 314 g/mol. The van der Waals surface area contributed by atoms with Gasteiger partial charge in [-0.2, -0.15) is 0 Å². The van der Waals surface area contributed by atoms with E-state index < -0.39 is 10.0 Å². The number of amides is 1. The first kappa shape index (κ1) is 17.9.